The monoisotopic (exact) mass is 311 g/mol. The highest BCUT2D eigenvalue weighted by atomic mass is 16.5. The van der Waals surface area contributed by atoms with E-state index in [0.29, 0.717) is 13.2 Å². The van der Waals surface area contributed by atoms with Gasteiger partial charge in [0, 0.05) is 26.3 Å². The second-order valence-corrected chi connectivity index (χ2v) is 6.42. The van der Waals surface area contributed by atoms with E-state index in [4.69, 9.17) is 4.74 Å². The van der Waals surface area contributed by atoms with E-state index in [9.17, 15) is 14.4 Å². The molecule has 0 aromatic rings. The Hall–Kier alpha value is -1.63. The molecule has 2 rings (SSSR count). The number of amides is 4. The summed E-state index contributed by atoms with van der Waals surface area (Å²) in [6.45, 7) is 4.56. The summed E-state index contributed by atoms with van der Waals surface area (Å²) in [6.07, 6.45) is 3.84. The van der Waals surface area contributed by atoms with Crippen LogP contribution in [0.15, 0.2) is 0 Å². The van der Waals surface area contributed by atoms with Crippen molar-refractivity contribution in [1.82, 2.24) is 15.1 Å². The number of ether oxygens (including phenoxy) is 1. The van der Waals surface area contributed by atoms with Gasteiger partial charge in [-0.25, -0.2) is 4.79 Å². The lowest BCUT2D eigenvalue weighted by atomic mass is 9.99. The van der Waals surface area contributed by atoms with E-state index in [0.717, 1.165) is 25.7 Å². The zero-order valence-electron chi connectivity index (χ0n) is 13.6. The predicted octanol–water partition coefficient (Wildman–Crippen LogP) is 0.734. The van der Waals surface area contributed by atoms with Crippen LogP contribution in [-0.2, 0) is 14.3 Å². The molecule has 0 spiro atoms. The molecule has 7 heteroatoms. The summed E-state index contributed by atoms with van der Waals surface area (Å²) < 4.78 is 5.11. The summed E-state index contributed by atoms with van der Waals surface area (Å²) >= 11 is 0. The van der Waals surface area contributed by atoms with Gasteiger partial charge in [-0.15, -0.1) is 0 Å². The maximum absolute atomic E-state index is 12.6. The molecule has 2 fully saturated rings. The molecular formula is C15H25N3O4. The number of imide groups is 1. The Balaban J connectivity index is 2.03. The zero-order chi connectivity index (χ0) is 16.3. The Bertz CT molecular complexity index is 464. The molecule has 0 bridgehead atoms. The minimum atomic E-state index is -0.982. The standard InChI is InChI=1S/C15H25N3O4/c1-15(2)13(20)16-14(21)18(15)10-12(19)17-8-5-4-6-11(17)7-9-22-3/h11H,4-10H2,1-3H3,(H,16,20,21)/t11-/m0/s1. The summed E-state index contributed by atoms with van der Waals surface area (Å²) in [6, 6.07) is -0.334. The molecule has 0 radical (unpaired) electrons. The molecule has 0 aromatic carbocycles. The molecule has 0 aromatic heterocycles. The van der Waals surface area contributed by atoms with E-state index in [1.807, 2.05) is 4.90 Å². The normalized spacial score (nSPS) is 24.6. The van der Waals surface area contributed by atoms with Crippen LogP contribution in [0, 0.1) is 0 Å². The number of likely N-dealkylation sites (tertiary alicyclic amines) is 1. The fraction of sp³-hybridized carbons (Fsp3) is 0.800. The van der Waals surface area contributed by atoms with Gasteiger partial charge in [0.2, 0.25) is 5.91 Å². The number of rotatable bonds is 5. The number of hydrogen-bond acceptors (Lipinski definition) is 4. The first-order valence-corrected chi connectivity index (χ1v) is 7.79. The molecule has 1 N–H and O–H groups in total. The summed E-state index contributed by atoms with van der Waals surface area (Å²) in [7, 11) is 1.65. The van der Waals surface area contributed by atoms with Crippen LogP contribution in [0.1, 0.15) is 39.5 Å². The Labute approximate surface area is 131 Å². The van der Waals surface area contributed by atoms with Crippen LogP contribution in [0.25, 0.3) is 0 Å². The Morgan fingerprint density at radius 1 is 1.36 bits per heavy atom. The van der Waals surface area contributed by atoms with Gasteiger partial charge in [-0.05, 0) is 39.5 Å². The van der Waals surface area contributed by atoms with Gasteiger partial charge in [0.1, 0.15) is 12.1 Å². The highest BCUT2D eigenvalue weighted by Crippen LogP contribution is 2.24. The molecule has 2 saturated heterocycles. The molecular weight excluding hydrogens is 286 g/mol. The van der Waals surface area contributed by atoms with Crippen LogP contribution in [0.2, 0.25) is 0 Å². The first-order valence-electron chi connectivity index (χ1n) is 7.79. The number of methoxy groups -OCH3 is 1. The van der Waals surface area contributed by atoms with Crippen LogP contribution in [0.3, 0.4) is 0 Å². The number of carbonyl (C=O) groups excluding carboxylic acids is 3. The number of nitrogens with one attached hydrogen (secondary N) is 1. The summed E-state index contributed by atoms with van der Waals surface area (Å²) in [5.74, 6) is -0.460. The van der Waals surface area contributed by atoms with Gasteiger partial charge in [-0.1, -0.05) is 0 Å². The first-order chi connectivity index (χ1) is 10.4. The van der Waals surface area contributed by atoms with Crippen molar-refractivity contribution in [2.45, 2.75) is 51.1 Å². The first kappa shape index (κ1) is 16.7. The summed E-state index contributed by atoms with van der Waals surface area (Å²) in [5.41, 5.74) is -0.982. The number of hydrogen-bond donors (Lipinski definition) is 1. The van der Waals surface area contributed by atoms with Crippen LogP contribution in [0.5, 0.6) is 0 Å². The van der Waals surface area contributed by atoms with Crippen molar-refractivity contribution in [2.75, 3.05) is 26.8 Å². The molecule has 0 unspecified atom stereocenters. The Morgan fingerprint density at radius 2 is 2.09 bits per heavy atom. The molecule has 2 aliphatic heterocycles. The highest BCUT2D eigenvalue weighted by molar-refractivity contribution is 6.07. The van der Waals surface area contributed by atoms with Crippen LogP contribution in [-0.4, -0.2) is 66.0 Å². The van der Waals surface area contributed by atoms with Gasteiger partial charge in [-0.3, -0.25) is 14.9 Å². The third kappa shape index (κ3) is 3.24. The van der Waals surface area contributed by atoms with E-state index >= 15 is 0 Å². The average Bonchev–Trinajstić information content (AvgIpc) is 2.67. The van der Waals surface area contributed by atoms with E-state index in [1.165, 1.54) is 4.90 Å². The van der Waals surface area contributed by atoms with Gasteiger partial charge in [0.25, 0.3) is 5.91 Å². The Morgan fingerprint density at radius 3 is 2.68 bits per heavy atom. The SMILES string of the molecule is COCC[C@@H]1CCCCN1C(=O)CN1C(=O)NC(=O)C1(C)C. The molecule has 4 amide bonds. The van der Waals surface area contributed by atoms with Crippen molar-refractivity contribution in [3.05, 3.63) is 0 Å². The van der Waals surface area contributed by atoms with Crippen molar-refractivity contribution >= 4 is 17.8 Å². The zero-order valence-corrected chi connectivity index (χ0v) is 13.6. The van der Waals surface area contributed by atoms with Crippen molar-refractivity contribution in [3.63, 3.8) is 0 Å². The molecule has 0 aliphatic carbocycles. The molecule has 1 atom stereocenters. The second-order valence-electron chi connectivity index (χ2n) is 6.42. The van der Waals surface area contributed by atoms with Crippen LogP contribution < -0.4 is 5.32 Å². The maximum atomic E-state index is 12.6. The van der Waals surface area contributed by atoms with E-state index in [2.05, 4.69) is 5.32 Å². The minimum Gasteiger partial charge on any atom is -0.385 e. The van der Waals surface area contributed by atoms with Crippen molar-refractivity contribution in [3.8, 4) is 0 Å². The molecule has 7 nitrogen and oxygen atoms in total. The molecule has 2 heterocycles. The molecule has 2 aliphatic rings. The smallest absolute Gasteiger partial charge is 0.325 e. The van der Waals surface area contributed by atoms with Crippen molar-refractivity contribution in [1.29, 1.82) is 0 Å². The third-order valence-electron chi connectivity index (χ3n) is 4.59. The van der Waals surface area contributed by atoms with Gasteiger partial charge in [0.15, 0.2) is 0 Å². The fourth-order valence-corrected chi connectivity index (χ4v) is 3.07. The van der Waals surface area contributed by atoms with Gasteiger partial charge in [0.05, 0.1) is 0 Å². The number of carbonyl (C=O) groups is 3. The average molecular weight is 311 g/mol. The lowest BCUT2D eigenvalue weighted by Gasteiger charge is -2.38. The predicted molar refractivity (Wildman–Crippen MR) is 80.2 cm³/mol. The van der Waals surface area contributed by atoms with Crippen molar-refractivity contribution < 1.29 is 19.1 Å². The molecule has 124 valence electrons. The fourth-order valence-electron chi connectivity index (χ4n) is 3.07. The minimum absolute atomic E-state index is 0.0615. The van der Waals surface area contributed by atoms with Crippen LogP contribution in [0.4, 0.5) is 4.79 Å². The number of nitrogens with zero attached hydrogens (tertiary/aromatic N) is 2. The van der Waals surface area contributed by atoms with Gasteiger partial charge >= 0.3 is 6.03 Å². The van der Waals surface area contributed by atoms with Crippen molar-refractivity contribution in [2.24, 2.45) is 0 Å². The summed E-state index contributed by atoms with van der Waals surface area (Å²) in [4.78, 5) is 39.4. The van der Waals surface area contributed by atoms with Gasteiger partial charge in [-0.2, -0.15) is 0 Å². The third-order valence-corrected chi connectivity index (χ3v) is 4.59. The largest absolute Gasteiger partial charge is 0.385 e. The molecule has 22 heavy (non-hydrogen) atoms. The second kappa shape index (κ2) is 6.64. The summed E-state index contributed by atoms with van der Waals surface area (Å²) in [5, 5.41) is 2.27. The topological polar surface area (TPSA) is 79.0 Å². The van der Waals surface area contributed by atoms with Crippen LogP contribution >= 0.6 is 0 Å². The molecule has 0 saturated carbocycles. The van der Waals surface area contributed by atoms with E-state index < -0.39 is 11.6 Å². The van der Waals surface area contributed by atoms with E-state index in [-0.39, 0.29) is 24.4 Å². The van der Waals surface area contributed by atoms with E-state index in [1.54, 1.807) is 21.0 Å². The number of urea groups is 1. The van der Waals surface area contributed by atoms with Gasteiger partial charge < -0.3 is 14.5 Å². The maximum Gasteiger partial charge on any atom is 0.325 e. The quantitative estimate of drug-likeness (QED) is 0.759. The Kier molecular flexibility index (Phi) is 5.05. The lowest BCUT2D eigenvalue weighted by molar-refractivity contribution is -0.137. The number of piperidine rings is 1. The lowest BCUT2D eigenvalue weighted by Crippen LogP contribution is -2.52. The highest BCUT2D eigenvalue weighted by Gasteiger charge is 2.46.